The van der Waals surface area contributed by atoms with Gasteiger partial charge >= 0.3 is 0 Å². The predicted molar refractivity (Wildman–Crippen MR) is 109 cm³/mol. The molecule has 0 spiro atoms. The summed E-state index contributed by atoms with van der Waals surface area (Å²) >= 11 is 0. The monoisotopic (exact) mass is 411 g/mol. The number of benzene rings is 1. The molecule has 1 aliphatic rings. The minimum absolute atomic E-state index is 0.0311. The van der Waals surface area contributed by atoms with E-state index in [9.17, 15) is 9.59 Å². The Morgan fingerprint density at radius 3 is 3.03 bits per heavy atom. The molecule has 1 amide bonds. The van der Waals surface area contributed by atoms with Crippen LogP contribution in [0.4, 0.5) is 0 Å². The number of piperidine rings is 1. The molecule has 1 fully saturated rings. The van der Waals surface area contributed by atoms with Crippen molar-refractivity contribution in [3.05, 3.63) is 52.7 Å². The summed E-state index contributed by atoms with van der Waals surface area (Å²) in [5.74, 6) is 1.02. The fraction of sp³-hybridized carbons (Fsp3) is 0.476. The molecule has 1 aromatic carbocycles. The number of likely N-dealkylation sites (tertiary alicyclic amines) is 1. The van der Waals surface area contributed by atoms with Gasteiger partial charge in [-0.3, -0.25) is 14.2 Å². The van der Waals surface area contributed by atoms with Crippen LogP contribution >= 0.6 is 0 Å². The van der Waals surface area contributed by atoms with Crippen LogP contribution in [0.3, 0.4) is 0 Å². The van der Waals surface area contributed by atoms with Gasteiger partial charge < -0.3 is 14.2 Å². The smallest absolute Gasteiger partial charge is 0.261 e. The summed E-state index contributed by atoms with van der Waals surface area (Å²) in [4.78, 5) is 36.2. The van der Waals surface area contributed by atoms with Crippen molar-refractivity contribution in [2.24, 2.45) is 0 Å². The Labute approximate surface area is 173 Å². The zero-order valence-corrected chi connectivity index (χ0v) is 17.0. The van der Waals surface area contributed by atoms with Crippen LogP contribution in [-0.2, 0) is 22.5 Å². The van der Waals surface area contributed by atoms with Gasteiger partial charge in [-0.2, -0.15) is 4.98 Å². The van der Waals surface area contributed by atoms with Gasteiger partial charge in [0.1, 0.15) is 6.04 Å². The molecule has 9 heteroatoms. The lowest BCUT2D eigenvalue weighted by Gasteiger charge is -2.33. The number of fused-ring (bicyclic) bond motifs is 1. The second-order valence-corrected chi connectivity index (χ2v) is 7.40. The molecular weight excluding hydrogens is 386 g/mol. The van der Waals surface area contributed by atoms with Crippen LogP contribution in [0.1, 0.15) is 43.4 Å². The molecule has 30 heavy (non-hydrogen) atoms. The molecule has 2 aromatic heterocycles. The van der Waals surface area contributed by atoms with E-state index in [-0.39, 0.29) is 30.5 Å². The highest BCUT2D eigenvalue weighted by molar-refractivity contribution is 5.78. The Morgan fingerprint density at radius 1 is 1.30 bits per heavy atom. The molecule has 3 aromatic rings. The fourth-order valence-electron chi connectivity index (χ4n) is 3.81. The number of carbonyl (C=O) groups is 1. The fourth-order valence-corrected chi connectivity index (χ4v) is 3.81. The van der Waals surface area contributed by atoms with Crippen molar-refractivity contribution in [2.45, 2.75) is 44.7 Å². The number of ether oxygens (including phenoxy) is 1. The van der Waals surface area contributed by atoms with Gasteiger partial charge in [-0.25, -0.2) is 4.98 Å². The van der Waals surface area contributed by atoms with Crippen LogP contribution in [0.5, 0.6) is 0 Å². The Kier molecular flexibility index (Phi) is 6.18. The van der Waals surface area contributed by atoms with E-state index in [1.165, 1.54) is 10.9 Å². The molecule has 1 aliphatic heterocycles. The normalized spacial score (nSPS) is 16.8. The van der Waals surface area contributed by atoms with Crippen molar-refractivity contribution in [3.8, 4) is 0 Å². The number of rotatable bonds is 7. The van der Waals surface area contributed by atoms with Crippen LogP contribution in [-0.4, -0.2) is 50.8 Å². The molecule has 0 saturated carbocycles. The van der Waals surface area contributed by atoms with Gasteiger partial charge in [0, 0.05) is 33.0 Å². The van der Waals surface area contributed by atoms with Crippen LogP contribution in [0.15, 0.2) is 39.9 Å². The number of hydrogen-bond acceptors (Lipinski definition) is 7. The van der Waals surface area contributed by atoms with Crippen molar-refractivity contribution >= 4 is 16.8 Å². The maximum atomic E-state index is 13.0. The lowest BCUT2D eigenvalue weighted by molar-refractivity contribution is -0.136. The van der Waals surface area contributed by atoms with Gasteiger partial charge in [0.15, 0.2) is 5.82 Å². The first kappa shape index (κ1) is 20.2. The molecule has 1 atom stereocenters. The standard InChI is InChI=1S/C21H25N5O4/c1-29-13-10-18-23-20(30-24-18)17-8-4-5-11-26(17)19(27)9-12-25-14-22-16-7-3-2-6-15(16)21(25)28/h2-3,6-7,14,17H,4-5,8-13H2,1H3. The van der Waals surface area contributed by atoms with Crippen molar-refractivity contribution in [2.75, 3.05) is 20.3 Å². The number of methoxy groups -OCH3 is 1. The SMILES string of the molecule is COCCc1noc(C2CCCCN2C(=O)CCn2cnc3ccccc3c2=O)n1. The zero-order chi connectivity index (χ0) is 20.9. The van der Waals surface area contributed by atoms with Crippen LogP contribution in [0.25, 0.3) is 10.9 Å². The van der Waals surface area contributed by atoms with E-state index in [0.717, 1.165) is 19.3 Å². The van der Waals surface area contributed by atoms with E-state index >= 15 is 0 Å². The summed E-state index contributed by atoms with van der Waals surface area (Å²) in [6.07, 6.45) is 5.00. The third kappa shape index (κ3) is 4.25. The van der Waals surface area contributed by atoms with Crippen molar-refractivity contribution < 1.29 is 14.1 Å². The predicted octanol–water partition coefficient (Wildman–Crippen LogP) is 2.11. The van der Waals surface area contributed by atoms with E-state index in [2.05, 4.69) is 15.1 Å². The lowest BCUT2D eigenvalue weighted by Crippen LogP contribution is -2.39. The van der Waals surface area contributed by atoms with Crippen molar-refractivity contribution in [3.63, 3.8) is 0 Å². The third-order valence-corrected chi connectivity index (χ3v) is 5.42. The van der Waals surface area contributed by atoms with E-state index in [1.54, 1.807) is 24.1 Å². The van der Waals surface area contributed by atoms with E-state index in [0.29, 0.717) is 42.2 Å². The number of amides is 1. The van der Waals surface area contributed by atoms with Crippen LogP contribution in [0.2, 0.25) is 0 Å². The summed E-state index contributed by atoms with van der Waals surface area (Å²) in [6.45, 7) is 1.44. The van der Waals surface area contributed by atoms with Gasteiger partial charge in [-0.05, 0) is 31.4 Å². The Balaban J connectivity index is 1.45. The third-order valence-electron chi connectivity index (χ3n) is 5.42. The highest BCUT2D eigenvalue weighted by Crippen LogP contribution is 2.30. The van der Waals surface area contributed by atoms with Gasteiger partial charge in [0.2, 0.25) is 11.8 Å². The number of para-hydroxylation sites is 1. The highest BCUT2D eigenvalue weighted by atomic mass is 16.5. The van der Waals surface area contributed by atoms with E-state index < -0.39 is 0 Å². The topological polar surface area (TPSA) is 103 Å². The molecule has 1 saturated heterocycles. The van der Waals surface area contributed by atoms with Gasteiger partial charge in [-0.1, -0.05) is 17.3 Å². The van der Waals surface area contributed by atoms with Gasteiger partial charge in [0.05, 0.1) is 23.8 Å². The second-order valence-electron chi connectivity index (χ2n) is 7.40. The summed E-state index contributed by atoms with van der Waals surface area (Å²) in [5, 5.41) is 4.55. The van der Waals surface area contributed by atoms with E-state index in [4.69, 9.17) is 9.26 Å². The van der Waals surface area contributed by atoms with Gasteiger partial charge in [0.25, 0.3) is 5.56 Å². The molecule has 4 rings (SSSR count). The van der Waals surface area contributed by atoms with Crippen LogP contribution < -0.4 is 5.56 Å². The van der Waals surface area contributed by atoms with E-state index in [1.807, 2.05) is 12.1 Å². The number of aryl methyl sites for hydroxylation is 1. The molecule has 0 radical (unpaired) electrons. The molecular formula is C21H25N5O4. The summed E-state index contributed by atoms with van der Waals surface area (Å²) in [6, 6.07) is 6.99. The Hall–Kier alpha value is -3.07. The quantitative estimate of drug-likeness (QED) is 0.586. The molecule has 1 unspecified atom stereocenters. The first-order chi connectivity index (χ1) is 14.7. The van der Waals surface area contributed by atoms with Crippen LogP contribution in [0, 0.1) is 0 Å². The summed E-state index contributed by atoms with van der Waals surface area (Å²) < 4.78 is 12.0. The van der Waals surface area contributed by atoms with Crippen molar-refractivity contribution in [1.29, 1.82) is 0 Å². The minimum Gasteiger partial charge on any atom is -0.384 e. The molecule has 0 N–H and O–H groups in total. The molecule has 9 nitrogen and oxygen atoms in total. The first-order valence-corrected chi connectivity index (χ1v) is 10.2. The molecule has 0 bridgehead atoms. The van der Waals surface area contributed by atoms with Crippen molar-refractivity contribution in [1.82, 2.24) is 24.6 Å². The molecule has 3 heterocycles. The lowest BCUT2D eigenvalue weighted by atomic mass is 10.0. The summed E-state index contributed by atoms with van der Waals surface area (Å²) in [7, 11) is 1.62. The zero-order valence-electron chi connectivity index (χ0n) is 17.0. The minimum atomic E-state index is -0.221. The number of hydrogen-bond donors (Lipinski definition) is 0. The Bertz CT molecular complexity index is 1080. The maximum Gasteiger partial charge on any atom is 0.261 e. The average Bonchev–Trinajstić information content (AvgIpc) is 3.26. The highest BCUT2D eigenvalue weighted by Gasteiger charge is 2.31. The number of carbonyl (C=O) groups excluding carboxylic acids is 1. The second kappa shape index (κ2) is 9.17. The largest absolute Gasteiger partial charge is 0.384 e. The molecule has 0 aliphatic carbocycles. The maximum absolute atomic E-state index is 13.0. The number of aromatic nitrogens is 4. The Morgan fingerprint density at radius 2 is 2.17 bits per heavy atom. The molecule has 158 valence electrons. The first-order valence-electron chi connectivity index (χ1n) is 10.2. The average molecular weight is 411 g/mol. The number of nitrogens with zero attached hydrogens (tertiary/aromatic N) is 5. The van der Waals surface area contributed by atoms with Gasteiger partial charge in [-0.15, -0.1) is 0 Å². The summed E-state index contributed by atoms with van der Waals surface area (Å²) in [5.41, 5.74) is 0.519.